The van der Waals surface area contributed by atoms with Crippen LogP contribution in [0.1, 0.15) is 32.3 Å². The maximum atomic E-state index is 11.5. The van der Waals surface area contributed by atoms with Gasteiger partial charge in [0.15, 0.2) is 0 Å². The fourth-order valence-corrected chi connectivity index (χ4v) is 2.08. The first-order chi connectivity index (χ1) is 9.42. The molecule has 0 heterocycles. The fourth-order valence-electron chi connectivity index (χ4n) is 1.43. The molecule has 0 spiro atoms. The smallest absolute Gasteiger partial charge is 0.237 e. The molecule has 1 amide bonds. The van der Waals surface area contributed by atoms with E-state index < -0.39 is 21.2 Å². The van der Waals surface area contributed by atoms with E-state index in [0.29, 0.717) is 19.6 Å². The molecule has 0 aliphatic rings. The highest BCUT2D eigenvalue weighted by Gasteiger charge is 2.18. The van der Waals surface area contributed by atoms with Crippen LogP contribution < -0.4 is 4.72 Å². The molecular weight excluding hydrogens is 278 g/mol. The molecule has 0 aliphatic heterocycles. The number of nitrogens with one attached hydrogen (secondary N) is 1. The quantitative estimate of drug-likeness (QED) is 0.743. The van der Waals surface area contributed by atoms with E-state index >= 15 is 0 Å². The Morgan fingerprint density at radius 3 is 2.50 bits per heavy atom. The predicted octanol–water partition coefficient (Wildman–Crippen LogP) is 1.84. The molecule has 1 aromatic carbocycles. The lowest BCUT2D eigenvalue weighted by atomic mass is 10.2. The van der Waals surface area contributed by atoms with Gasteiger partial charge in [0.1, 0.15) is 0 Å². The van der Waals surface area contributed by atoms with Crippen LogP contribution in [0.4, 0.5) is 0 Å². The lowest BCUT2D eigenvalue weighted by molar-refractivity contribution is -0.119. The number of hydrogen-bond acceptors (Lipinski definition) is 4. The van der Waals surface area contributed by atoms with E-state index in [-0.39, 0.29) is 6.42 Å². The SMILES string of the molecule is CC(C)S(=O)(=O)NC(=O)CCCOCc1ccccc1. The minimum atomic E-state index is -3.52. The lowest BCUT2D eigenvalue weighted by Gasteiger charge is -2.09. The number of carbonyl (C=O) groups is 1. The van der Waals surface area contributed by atoms with E-state index in [9.17, 15) is 13.2 Å². The van der Waals surface area contributed by atoms with Gasteiger partial charge in [-0.2, -0.15) is 0 Å². The van der Waals surface area contributed by atoms with Gasteiger partial charge in [-0.3, -0.25) is 9.52 Å². The molecule has 0 aromatic heterocycles. The molecule has 112 valence electrons. The van der Waals surface area contributed by atoms with Crippen molar-refractivity contribution in [3.8, 4) is 0 Å². The number of carbonyl (C=O) groups excluding carboxylic acids is 1. The molecule has 20 heavy (non-hydrogen) atoms. The van der Waals surface area contributed by atoms with Crippen molar-refractivity contribution in [2.24, 2.45) is 0 Å². The largest absolute Gasteiger partial charge is 0.377 e. The monoisotopic (exact) mass is 299 g/mol. The summed E-state index contributed by atoms with van der Waals surface area (Å²) < 4.78 is 30.4. The summed E-state index contributed by atoms with van der Waals surface area (Å²) in [5.41, 5.74) is 1.07. The molecule has 1 N–H and O–H groups in total. The minimum Gasteiger partial charge on any atom is -0.377 e. The van der Waals surface area contributed by atoms with E-state index in [2.05, 4.69) is 0 Å². The molecule has 0 aliphatic carbocycles. The molecule has 1 aromatic rings. The summed E-state index contributed by atoms with van der Waals surface area (Å²) in [4.78, 5) is 11.5. The first-order valence-electron chi connectivity index (χ1n) is 6.58. The summed E-state index contributed by atoms with van der Waals surface area (Å²) in [5.74, 6) is -0.484. The summed E-state index contributed by atoms with van der Waals surface area (Å²) in [6.45, 7) is 3.97. The van der Waals surface area contributed by atoms with Crippen LogP contribution in [0.5, 0.6) is 0 Å². The predicted molar refractivity (Wildman–Crippen MR) is 77.5 cm³/mol. The number of amides is 1. The summed E-state index contributed by atoms with van der Waals surface area (Å²) in [7, 11) is -3.52. The van der Waals surface area contributed by atoms with Crippen molar-refractivity contribution < 1.29 is 17.9 Å². The van der Waals surface area contributed by atoms with Gasteiger partial charge in [0.25, 0.3) is 0 Å². The van der Waals surface area contributed by atoms with Crippen LogP contribution in [0.3, 0.4) is 0 Å². The van der Waals surface area contributed by atoms with Gasteiger partial charge >= 0.3 is 0 Å². The van der Waals surface area contributed by atoms with Gasteiger partial charge in [0, 0.05) is 13.0 Å². The number of hydrogen-bond donors (Lipinski definition) is 1. The Morgan fingerprint density at radius 1 is 1.25 bits per heavy atom. The van der Waals surface area contributed by atoms with Gasteiger partial charge in [-0.25, -0.2) is 8.42 Å². The molecule has 6 heteroatoms. The Hall–Kier alpha value is -1.40. The molecule has 1 rings (SSSR count). The minimum absolute atomic E-state index is 0.140. The highest BCUT2D eigenvalue weighted by atomic mass is 32.2. The summed E-state index contributed by atoms with van der Waals surface area (Å²) >= 11 is 0. The second-order valence-corrected chi connectivity index (χ2v) is 7.00. The fraction of sp³-hybridized carbons (Fsp3) is 0.500. The number of ether oxygens (including phenoxy) is 1. The normalized spacial score (nSPS) is 11.6. The van der Waals surface area contributed by atoms with Crippen molar-refractivity contribution in [3.63, 3.8) is 0 Å². The average molecular weight is 299 g/mol. The third-order valence-electron chi connectivity index (χ3n) is 2.68. The van der Waals surface area contributed by atoms with Crippen molar-refractivity contribution >= 4 is 15.9 Å². The highest BCUT2D eigenvalue weighted by molar-refractivity contribution is 7.90. The van der Waals surface area contributed by atoms with Crippen molar-refractivity contribution in [1.82, 2.24) is 4.72 Å². The molecule has 0 unspecified atom stereocenters. The van der Waals surface area contributed by atoms with Crippen LogP contribution in [0.15, 0.2) is 30.3 Å². The van der Waals surface area contributed by atoms with Crippen LogP contribution in [0, 0.1) is 0 Å². The zero-order valence-corrected chi connectivity index (χ0v) is 12.7. The molecule has 0 radical (unpaired) electrons. The van der Waals surface area contributed by atoms with Crippen LogP contribution in [0.2, 0.25) is 0 Å². The van der Waals surface area contributed by atoms with Gasteiger partial charge in [-0.1, -0.05) is 30.3 Å². The van der Waals surface area contributed by atoms with Crippen LogP contribution in [-0.4, -0.2) is 26.2 Å². The third-order valence-corrected chi connectivity index (χ3v) is 4.43. The molecule has 0 bridgehead atoms. The Morgan fingerprint density at radius 2 is 1.90 bits per heavy atom. The molecule has 0 saturated heterocycles. The van der Waals surface area contributed by atoms with E-state index in [1.807, 2.05) is 35.1 Å². The van der Waals surface area contributed by atoms with Gasteiger partial charge in [-0.15, -0.1) is 0 Å². The van der Waals surface area contributed by atoms with Gasteiger partial charge in [0.05, 0.1) is 11.9 Å². The van der Waals surface area contributed by atoms with Crippen LogP contribution in [-0.2, 0) is 26.2 Å². The maximum absolute atomic E-state index is 11.5. The van der Waals surface area contributed by atoms with E-state index in [0.717, 1.165) is 5.56 Å². The van der Waals surface area contributed by atoms with Gasteiger partial charge in [-0.05, 0) is 25.8 Å². The van der Waals surface area contributed by atoms with E-state index in [1.165, 1.54) is 13.8 Å². The maximum Gasteiger partial charge on any atom is 0.237 e. The van der Waals surface area contributed by atoms with Gasteiger partial charge < -0.3 is 4.74 Å². The summed E-state index contributed by atoms with van der Waals surface area (Å²) in [5, 5.41) is -0.610. The van der Waals surface area contributed by atoms with Crippen molar-refractivity contribution in [2.75, 3.05) is 6.61 Å². The second-order valence-electron chi connectivity index (χ2n) is 4.76. The third kappa shape index (κ3) is 6.16. The molecule has 5 nitrogen and oxygen atoms in total. The molecule has 0 saturated carbocycles. The highest BCUT2D eigenvalue weighted by Crippen LogP contribution is 2.02. The average Bonchev–Trinajstić information content (AvgIpc) is 2.38. The van der Waals surface area contributed by atoms with Gasteiger partial charge in [0.2, 0.25) is 15.9 Å². The van der Waals surface area contributed by atoms with E-state index in [4.69, 9.17) is 4.74 Å². The Balaban J connectivity index is 2.17. The summed E-state index contributed by atoms with van der Waals surface area (Å²) in [6, 6.07) is 9.72. The topological polar surface area (TPSA) is 72.5 Å². The Kier molecular flexibility index (Phi) is 6.67. The molecule has 0 atom stereocenters. The van der Waals surface area contributed by atoms with Crippen LogP contribution >= 0.6 is 0 Å². The zero-order chi connectivity index (χ0) is 15.0. The Labute approximate surface area is 120 Å². The second kappa shape index (κ2) is 8.01. The number of rotatable bonds is 8. The first-order valence-corrected chi connectivity index (χ1v) is 8.12. The van der Waals surface area contributed by atoms with Crippen molar-refractivity contribution in [1.29, 1.82) is 0 Å². The lowest BCUT2D eigenvalue weighted by Crippen LogP contribution is -2.35. The van der Waals surface area contributed by atoms with E-state index in [1.54, 1.807) is 0 Å². The summed E-state index contributed by atoms with van der Waals surface area (Å²) in [6.07, 6.45) is 0.632. The van der Waals surface area contributed by atoms with Crippen molar-refractivity contribution in [2.45, 2.75) is 38.5 Å². The Bertz CT molecular complexity index is 511. The van der Waals surface area contributed by atoms with Crippen molar-refractivity contribution in [3.05, 3.63) is 35.9 Å². The molecular formula is C14H21NO4S. The van der Waals surface area contributed by atoms with Crippen LogP contribution in [0.25, 0.3) is 0 Å². The standard InChI is InChI=1S/C14H21NO4S/c1-12(2)20(17,18)15-14(16)9-6-10-19-11-13-7-4-3-5-8-13/h3-5,7-8,12H,6,9-11H2,1-2H3,(H,15,16). The number of sulfonamides is 1. The molecule has 0 fully saturated rings. The number of benzene rings is 1. The zero-order valence-electron chi connectivity index (χ0n) is 11.8. The first kappa shape index (κ1) is 16.7.